The summed E-state index contributed by atoms with van der Waals surface area (Å²) in [5.74, 6) is 0.372. The second kappa shape index (κ2) is 5.12. The van der Waals surface area contributed by atoms with Crippen LogP contribution in [-0.4, -0.2) is 26.3 Å². The van der Waals surface area contributed by atoms with Crippen LogP contribution < -0.4 is 9.47 Å². The Morgan fingerprint density at radius 1 is 1.31 bits per heavy atom. The lowest BCUT2D eigenvalue weighted by molar-refractivity contribution is 0.101. The monoisotopic (exact) mass is 286 g/mol. The van der Waals surface area contributed by atoms with Crippen LogP contribution in [0.3, 0.4) is 0 Å². The van der Waals surface area contributed by atoms with Gasteiger partial charge < -0.3 is 9.47 Å². The van der Waals surface area contributed by atoms with Gasteiger partial charge in [0.25, 0.3) is 0 Å². The molecule has 1 rings (SSSR count). The number of hydrogen-bond donors (Lipinski definition) is 0. The Balaban J connectivity index is 3.64. The second-order valence-electron chi connectivity index (χ2n) is 3.06. The molecular formula is C11H11BrO4. The minimum absolute atomic E-state index is 0.167. The van der Waals surface area contributed by atoms with Crippen LogP contribution in [0.1, 0.15) is 27.6 Å². The maximum Gasteiger partial charge on any atom is 0.173 e. The maximum absolute atomic E-state index is 11.5. The van der Waals surface area contributed by atoms with Gasteiger partial charge in [0.15, 0.2) is 23.6 Å². The summed E-state index contributed by atoms with van der Waals surface area (Å²) < 4.78 is 10.7. The van der Waals surface area contributed by atoms with E-state index in [4.69, 9.17) is 9.47 Å². The normalized spacial score (nSPS) is 9.75. The zero-order chi connectivity index (χ0) is 12.3. The summed E-state index contributed by atoms with van der Waals surface area (Å²) in [6.07, 6.45) is 0.649. The van der Waals surface area contributed by atoms with Gasteiger partial charge in [-0.2, -0.15) is 0 Å². The first-order valence-electron chi connectivity index (χ1n) is 4.47. The molecule has 0 amide bonds. The summed E-state index contributed by atoms with van der Waals surface area (Å²) >= 11 is 3.23. The van der Waals surface area contributed by atoms with Crippen molar-refractivity contribution < 1.29 is 19.1 Å². The summed E-state index contributed by atoms with van der Waals surface area (Å²) in [4.78, 5) is 22.3. The fraction of sp³-hybridized carbons (Fsp3) is 0.273. The Labute approximate surface area is 102 Å². The molecule has 0 spiro atoms. The molecule has 0 radical (unpaired) electrons. The van der Waals surface area contributed by atoms with E-state index in [1.807, 2.05) is 0 Å². The summed E-state index contributed by atoms with van der Waals surface area (Å²) in [6.45, 7) is 1.42. The lowest BCUT2D eigenvalue weighted by atomic mass is 10.1. The Hall–Kier alpha value is -1.36. The standard InChI is InChI=1S/C11H11BrO4/c1-6(14)9-8(12)4-7(5-13)10(15-2)11(9)16-3/h4-5H,1-3H3. The smallest absolute Gasteiger partial charge is 0.173 e. The van der Waals surface area contributed by atoms with E-state index in [2.05, 4.69) is 15.9 Å². The van der Waals surface area contributed by atoms with E-state index in [0.717, 1.165) is 0 Å². The number of rotatable bonds is 4. The van der Waals surface area contributed by atoms with Gasteiger partial charge in [-0.3, -0.25) is 9.59 Å². The number of Topliss-reactive ketones (excluding diaryl/α,β-unsaturated/α-hetero) is 1. The van der Waals surface area contributed by atoms with Crippen LogP contribution in [0.2, 0.25) is 0 Å². The predicted octanol–water partition coefficient (Wildman–Crippen LogP) is 2.48. The molecule has 0 heterocycles. The molecule has 16 heavy (non-hydrogen) atoms. The number of hydrogen-bond acceptors (Lipinski definition) is 4. The van der Waals surface area contributed by atoms with E-state index >= 15 is 0 Å². The molecule has 1 aromatic carbocycles. The molecule has 86 valence electrons. The number of ketones is 1. The van der Waals surface area contributed by atoms with Crippen molar-refractivity contribution in [3.05, 3.63) is 21.7 Å². The first-order chi connectivity index (χ1) is 7.56. The number of aldehydes is 1. The van der Waals surface area contributed by atoms with E-state index in [-0.39, 0.29) is 17.3 Å². The van der Waals surface area contributed by atoms with Crippen LogP contribution in [0, 0.1) is 0 Å². The van der Waals surface area contributed by atoms with Gasteiger partial charge in [-0.05, 0) is 28.9 Å². The lowest BCUT2D eigenvalue weighted by Crippen LogP contribution is -2.04. The highest BCUT2D eigenvalue weighted by Crippen LogP contribution is 2.38. The van der Waals surface area contributed by atoms with Gasteiger partial charge in [-0.15, -0.1) is 0 Å². The quantitative estimate of drug-likeness (QED) is 0.630. The zero-order valence-electron chi connectivity index (χ0n) is 9.17. The number of benzene rings is 1. The lowest BCUT2D eigenvalue weighted by Gasteiger charge is -2.14. The first-order valence-corrected chi connectivity index (χ1v) is 5.26. The third-order valence-corrected chi connectivity index (χ3v) is 2.73. The third kappa shape index (κ3) is 2.09. The molecule has 0 bridgehead atoms. The van der Waals surface area contributed by atoms with E-state index in [0.29, 0.717) is 21.9 Å². The SMILES string of the molecule is COc1c(C=O)cc(Br)c(C(C)=O)c1OC. The van der Waals surface area contributed by atoms with Crippen molar-refractivity contribution in [1.82, 2.24) is 0 Å². The molecule has 1 aromatic rings. The second-order valence-corrected chi connectivity index (χ2v) is 3.92. The fourth-order valence-corrected chi connectivity index (χ4v) is 2.15. The van der Waals surface area contributed by atoms with Crippen molar-refractivity contribution in [2.75, 3.05) is 14.2 Å². The summed E-state index contributed by atoms with van der Waals surface area (Å²) in [7, 11) is 2.84. The molecule has 0 fully saturated rings. The molecular weight excluding hydrogens is 276 g/mol. The summed E-state index contributed by atoms with van der Waals surface area (Å²) in [6, 6.07) is 1.53. The van der Waals surface area contributed by atoms with Crippen molar-refractivity contribution in [2.45, 2.75) is 6.92 Å². The van der Waals surface area contributed by atoms with Crippen LogP contribution in [0.4, 0.5) is 0 Å². The summed E-state index contributed by atoms with van der Waals surface area (Å²) in [5.41, 5.74) is 0.696. The molecule has 0 saturated carbocycles. The van der Waals surface area contributed by atoms with Gasteiger partial charge in [0, 0.05) is 4.47 Å². The highest BCUT2D eigenvalue weighted by atomic mass is 79.9. The largest absolute Gasteiger partial charge is 0.492 e. The van der Waals surface area contributed by atoms with Gasteiger partial charge in [-0.25, -0.2) is 0 Å². The van der Waals surface area contributed by atoms with Crippen molar-refractivity contribution in [2.24, 2.45) is 0 Å². The molecule has 0 aliphatic rings. The van der Waals surface area contributed by atoms with E-state index in [9.17, 15) is 9.59 Å². The van der Waals surface area contributed by atoms with Gasteiger partial charge >= 0.3 is 0 Å². The van der Waals surface area contributed by atoms with Crippen molar-refractivity contribution >= 4 is 28.0 Å². The minimum atomic E-state index is -0.167. The Kier molecular flexibility index (Phi) is 4.06. The molecule has 0 unspecified atom stereocenters. The fourth-order valence-electron chi connectivity index (χ4n) is 1.45. The van der Waals surface area contributed by atoms with Crippen LogP contribution in [-0.2, 0) is 0 Å². The minimum Gasteiger partial charge on any atom is -0.492 e. The third-order valence-electron chi connectivity index (χ3n) is 2.10. The molecule has 0 atom stereocenters. The van der Waals surface area contributed by atoms with E-state index < -0.39 is 0 Å². The van der Waals surface area contributed by atoms with Gasteiger partial charge in [0.05, 0.1) is 25.3 Å². The van der Waals surface area contributed by atoms with Gasteiger partial charge in [0.2, 0.25) is 0 Å². The molecule has 5 heteroatoms. The molecule has 0 aliphatic heterocycles. The van der Waals surface area contributed by atoms with Crippen molar-refractivity contribution in [3.8, 4) is 11.5 Å². The van der Waals surface area contributed by atoms with Crippen LogP contribution >= 0.6 is 15.9 Å². The zero-order valence-corrected chi connectivity index (χ0v) is 10.8. The first kappa shape index (κ1) is 12.7. The van der Waals surface area contributed by atoms with Crippen molar-refractivity contribution in [3.63, 3.8) is 0 Å². The van der Waals surface area contributed by atoms with Crippen molar-refractivity contribution in [1.29, 1.82) is 0 Å². The predicted molar refractivity (Wildman–Crippen MR) is 62.6 cm³/mol. The average molecular weight is 287 g/mol. The molecule has 0 aromatic heterocycles. The Morgan fingerprint density at radius 2 is 1.88 bits per heavy atom. The van der Waals surface area contributed by atoms with E-state index in [1.54, 1.807) is 0 Å². The topological polar surface area (TPSA) is 52.6 Å². The van der Waals surface area contributed by atoms with Gasteiger partial charge in [-0.1, -0.05) is 0 Å². The molecule has 0 saturated heterocycles. The molecule has 0 aliphatic carbocycles. The van der Waals surface area contributed by atoms with Gasteiger partial charge in [0.1, 0.15) is 0 Å². The number of carbonyl (C=O) groups is 2. The van der Waals surface area contributed by atoms with Crippen LogP contribution in [0.25, 0.3) is 0 Å². The highest BCUT2D eigenvalue weighted by Gasteiger charge is 2.21. The van der Waals surface area contributed by atoms with Crippen LogP contribution in [0.5, 0.6) is 11.5 Å². The number of methoxy groups -OCH3 is 2. The maximum atomic E-state index is 11.5. The molecule has 0 N–H and O–H groups in total. The highest BCUT2D eigenvalue weighted by molar-refractivity contribution is 9.10. The average Bonchev–Trinajstić information content (AvgIpc) is 2.26. The number of ether oxygens (including phenoxy) is 2. The van der Waals surface area contributed by atoms with Crippen LogP contribution in [0.15, 0.2) is 10.5 Å². The Bertz CT molecular complexity index is 440. The summed E-state index contributed by atoms with van der Waals surface area (Å²) in [5, 5.41) is 0. The Morgan fingerprint density at radius 3 is 2.25 bits per heavy atom. The number of halogens is 1. The van der Waals surface area contributed by atoms with E-state index in [1.165, 1.54) is 27.2 Å². The number of carbonyl (C=O) groups excluding carboxylic acids is 2. The molecule has 4 nitrogen and oxygen atoms in total.